The van der Waals surface area contributed by atoms with Gasteiger partial charge in [-0.05, 0) is 5.56 Å². The van der Waals surface area contributed by atoms with Crippen LogP contribution in [0, 0.1) is 0 Å². The molecule has 1 aliphatic heterocycles. The normalized spacial score (nSPS) is 30.7. The predicted molar refractivity (Wildman–Crippen MR) is 78.3 cm³/mol. The van der Waals surface area contributed by atoms with Gasteiger partial charge in [-0.2, -0.15) is 0 Å². The summed E-state index contributed by atoms with van der Waals surface area (Å²) in [7, 11) is 1.31. The fourth-order valence-electron chi connectivity index (χ4n) is 2.35. The maximum absolute atomic E-state index is 11.9. The van der Waals surface area contributed by atoms with Crippen molar-refractivity contribution in [3.8, 4) is 0 Å². The molecule has 0 aliphatic carbocycles. The molecule has 23 heavy (non-hydrogen) atoms. The molecule has 0 saturated carbocycles. The molecule has 1 aromatic rings. The van der Waals surface area contributed by atoms with Gasteiger partial charge in [0, 0.05) is 7.11 Å². The summed E-state index contributed by atoms with van der Waals surface area (Å²) in [5.41, 5.74) is 0.804. The zero-order valence-corrected chi connectivity index (χ0v) is 12.7. The molecule has 1 aliphatic rings. The van der Waals surface area contributed by atoms with Gasteiger partial charge in [-0.15, -0.1) is 0 Å². The summed E-state index contributed by atoms with van der Waals surface area (Å²) >= 11 is 0. The highest BCUT2D eigenvalue weighted by Crippen LogP contribution is 2.21. The standard InChI is InChI=1S/C15H21NO7/c1-21-14-13(19)11(12(18)10(7-17)23-14)16-15(20)22-8-9-5-3-2-4-6-9/h2-6,10-14,17-19H,7-8H2,1H3,(H,16,20)/t10-,11+,12+,13+,14+/m0/s1. The monoisotopic (exact) mass is 327 g/mol. The minimum Gasteiger partial charge on any atom is -0.445 e. The summed E-state index contributed by atoms with van der Waals surface area (Å²) in [6, 6.07) is 7.99. The van der Waals surface area contributed by atoms with Crippen LogP contribution < -0.4 is 5.32 Å². The molecule has 4 N–H and O–H groups in total. The van der Waals surface area contributed by atoms with Gasteiger partial charge in [0.1, 0.15) is 24.9 Å². The van der Waals surface area contributed by atoms with Gasteiger partial charge in [-0.3, -0.25) is 0 Å². The van der Waals surface area contributed by atoms with E-state index in [0.717, 1.165) is 5.56 Å². The molecule has 1 amide bonds. The van der Waals surface area contributed by atoms with Gasteiger partial charge in [0.2, 0.25) is 0 Å². The number of carbonyl (C=O) groups excluding carboxylic acids is 1. The molecule has 5 atom stereocenters. The van der Waals surface area contributed by atoms with Crippen LogP contribution in [0.25, 0.3) is 0 Å². The molecule has 0 spiro atoms. The molecule has 8 heteroatoms. The average molecular weight is 327 g/mol. The number of amides is 1. The van der Waals surface area contributed by atoms with Crippen molar-refractivity contribution < 1.29 is 34.3 Å². The number of carbonyl (C=O) groups is 1. The van der Waals surface area contributed by atoms with Crippen LogP contribution in [0.1, 0.15) is 5.56 Å². The van der Waals surface area contributed by atoms with E-state index in [2.05, 4.69) is 5.32 Å². The maximum atomic E-state index is 11.9. The maximum Gasteiger partial charge on any atom is 0.407 e. The third-order valence-corrected chi connectivity index (χ3v) is 3.61. The Hall–Kier alpha value is -1.71. The molecule has 8 nitrogen and oxygen atoms in total. The van der Waals surface area contributed by atoms with Crippen LogP contribution in [0.5, 0.6) is 0 Å². The third-order valence-electron chi connectivity index (χ3n) is 3.61. The van der Waals surface area contributed by atoms with Crippen molar-refractivity contribution in [2.45, 2.75) is 37.3 Å². The molecule has 1 aromatic carbocycles. The number of nitrogens with one attached hydrogen (secondary N) is 1. The molecule has 0 unspecified atom stereocenters. The zero-order valence-electron chi connectivity index (χ0n) is 12.7. The van der Waals surface area contributed by atoms with Crippen molar-refractivity contribution in [1.29, 1.82) is 0 Å². The predicted octanol–water partition coefficient (Wildman–Crippen LogP) is -0.633. The lowest BCUT2D eigenvalue weighted by Gasteiger charge is -2.41. The smallest absolute Gasteiger partial charge is 0.407 e. The van der Waals surface area contributed by atoms with Gasteiger partial charge >= 0.3 is 6.09 Å². The number of aliphatic hydroxyl groups excluding tert-OH is 3. The highest BCUT2D eigenvalue weighted by Gasteiger charge is 2.45. The second-order valence-corrected chi connectivity index (χ2v) is 5.17. The van der Waals surface area contributed by atoms with Crippen molar-refractivity contribution in [1.82, 2.24) is 5.32 Å². The molecule has 128 valence electrons. The highest BCUT2D eigenvalue weighted by molar-refractivity contribution is 5.67. The molecular formula is C15H21NO7. The van der Waals surface area contributed by atoms with Gasteiger partial charge in [0.25, 0.3) is 0 Å². The first-order valence-corrected chi connectivity index (χ1v) is 7.19. The third kappa shape index (κ3) is 4.40. The Morgan fingerprint density at radius 1 is 1.26 bits per heavy atom. The zero-order chi connectivity index (χ0) is 16.8. The summed E-state index contributed by atoms with van der Waals surface area (Å²) in [6.45, 7) is -0.426. The molecule has 0 radical (unpaired) electrons. The lowest BCUT2D eigenvalue weighted by Crippen LogP contribution is -2.64. The van der Waals surface area contributed by atoms with Crippen molar-refractivity contribution >= 4 is 6.09 Å². The van der Waals surface area contributed by atoms with E-state index in [9.17, 15) is 20.1 Å². The Labute approximate surface area is 133 Å². The van der Waals surface area contributed by atoms with E-state index in [1.54, 1.807) is 12.1 Å². The number of hydrogen-bond donors (Lipinski definition) is 4. The quantitative estimate of drug-likeness (QED) is 0.568. The molecular weight excluding hydrogens is 306 g/mol. The van der Waals surface area contributed by atoms with Crippen molar-refractivity contribution in [2.75, 3.05) is 13.7 Å². The number of rotatable bonds is 5. The number of methoxy groups -OCH3 is 1. The Balaban J connectivity index is 1.94. The first-order chi connectivity index (χ1) is 11.1. The van der Waals surface area contributed by atoms with Crippen LogP contribution >= 0.6 is 0 Å². The molecule has 2 rings (SSSR count). The molecule has 1 heterocycles. The Morgan fingerprint density at radius 2 is 1.96 bits per heavy atom. The second kappa shape index (κ2) is 8.23. The first kappa shape index (κ1) is 17.6. The summed E-state index contributed by atoms with van der Waals surface area (Å²) in [6.07, 6.45) is -5.46. The van der Waals surface area contributed by atoms with E-state index < -0.39 is 43.3 Å². The first-order valence-electron chi connectivity index (χ1n) is 7.19. The molecule has 0 aromatic heterocycles. The van der Waals surface area contributed by atoms with E-state index in [1.165, 1.54) is 7.11 Å². The van der Waals surface area contributed by atoms with Crippen LogP contribution in [-0.2, 0) is 20.8 Å². The molecule has 1 fully saturated rings. The van der Waals surface area contributed by atoms with Gasteiger partial charge < -0.3 is 34.8 Å². The van der Waals surface area contributed by atoms with Crippen molar-refractivity contribution in [2.24, 2.45) is 0 Å². The van der Waals surface area contributed by atoms with E-state index in [0.29, 0.717) is 0 Å². The summed E-state index contributed by atoms with van der Waals surface area (Å²) in [4.78, 5) is 11.9. The Kier molecular flexibility index (Phi) is 6.31. The number of hydrogen-bond acceptors (Lipinski definition) is 7. The van der Waals surface area contributed by atoms with E-state index in [4.69, 9.17) is 14.2 Å². The van der Waals surface area contributed by atoms with Crippen LogP contribution in [-0.4, -0.2) is 65.8 Å². The van der Waals surface area contributed by atoms with Crippen LogP contribution in [0.3, 0.4) is 0 Å². The molecule has 1 saturated heterocycles. The number of alkyl carbamates (subject to hydrolysis) is 1. The second-order valence-electron chi connectivity index (χ2n) is 5.17. The fourth-order valence-corrected chi connectivity index (χ4v) is 2.35. The van der Waals surface area contributed by atoms with Gasteiger partial charge in [-0.25, -0.2) is 4.79 Å². The van der Waals surface area contributed by atoms with E-state index in [1.807, 2.05) is 18.2 Å². The minimum atomic E-state index is -1.30. The Bertz CT molecular complexity index is 482. The van der Waals surface area contributed by atoms with Crippen molar-refractivity contribution in [3.63, 3.8) is 0 Å². The topological polar surface area (TPSA) is 117 Å². The lowest BCUT2D eigenvalue weighted by atomic mass is 9.96. The van der Waals surface area contributed by atoms with Gasteiger partial charge in [0.05, 0.1) is 12.6 Å². The fraction of sp³-hybridized carbons (Fsp3) is 0.533. The van der Waals surface area contributed by atoms with Gasteiger partial charge in [0.15, 0.2) is 6.29 Å². The number of ether oxygens (including phenoxy) is 3. The number of benzene rings is 1. The SMILES string of the molecule is CO[C@@H]1O[C@@H](CO)[C@@H](O)[C@@H](NC(=O)OCc2ccccc2)[C@H]1O. The van der Waals surface area contributed by atoms with Crippen LogP contribution in [0.2, 0.25) is 0 Å². The average Bonchev–Trinajstić information content (AvgIpc) is 2.58. The minimum absolute atomic E-state index is 0.0548. The largest absolute Gasteiger partial charge is 0.445 e. The molecule has 0 bridgehead atoms. The lowest BCUT2D eigenvalue weighted by molar-refractivity contribution is -0.270. The van der Waals surface area contributed by atoms with Gasteiger partial charge in [-0.1, -0.05) is 30.3 Å². The number of aliphatic hydroxyl groups is 3. The van der Waals surface area contributed by atoms with Crippen LogP contribution in [0.4, 0.5) is 4.79 Å². The summed E-state index contributed by atoms with van der Waals surface area (Å²) in [5.74, 6) is 0. The van der Waals surface area contributed by atoms with Crippen molar-refractivity contribution in [3.05, 3.63) is 35.9 Å². The summed E-state index contributed by atoms with van der Waals surface area (Å²) in [5, 5.41) is 31.7. The van der Waals surface area contributed by atoms with Crippen LogP contribution in [0.15, 0.2) is 30.3 Å². The summed E-state index contributed by atoms with van der Waals surface area (Å²) < 4.78 is 15.2. The Morgan fingerprint density at radius 3 is 2.57 bits per heavy atom. The van der Waals surface area contributed by atoms with E-state index >= 15 is 0 Å². The van der Waals surface area contributed by atoms with E-state index in [-0.39, 0.29) is 6.61 Å². The highest BCUT2D eigenvalue weighted by atomic mass is 16.7.